The third kappa shape index (κ3) is 5.50. The van der Waals surface area contributed by atoms with Crippen molar-refractivity contribution in [2.45, 2.75) is 19.1 Å². The lowest BCUT2D eigenvalue weighted by Crippen LogP contribution is -2.24. The lowest BCUT2D eigenvalue weighted by Gasteiger charge is -2.14. The summed E-state index contributed by atoms with van der Waals surface area (Å²) in [5.74, 6) is -2.76. The Morgan fingerprint density at radius 2 is 1.57 bits per heavy atom. The second-order valence-electron chi connectivity index (χ2n) is 4.54. The van der Waals surface area contributed by atoms with Crippen LogP contribution in [0, 0.1) is 0 Å². The molecule has 0 bridgehead atoms. The molecule has 5 nitrogen and oxygen atoms in total. The van der Waals surface area contributed by atoms with Gasteiger partial charge in [-0.2, -0.15) is 13.2 Å². The van der Waals surface area contributed by atoms with Crippen molar-refractivity contribution < 1.29 is 33.0 Å². The van der Waals surface area contributed by atoms with E-state index in [0.717, 1.165) is 16.3 Å². The molecule has 0 fully saturated rings. The van der Waals surface area contributed by atoms with Crippen molar-refractivity contribution in [3.63, 3.8) is 0 Å². The van der Waals surface area contributed by atoms with Crippen LogP contribution in [0.5, 0.6) is 0 Å². The number of aliphatic carboxylic acids is 1. The normalized spacial score (nSPS) is 12.0. The summed E-state index contributed by atoms with van der Waals surface area (Å²) < 4.78 is 31.7. The van der Waals surface area contributed by atoms with Gasteiger partial charge in [0.05, 0.1) is 6.04 Å². The average molecular weight is 329 g/mol. The van der Waals surface area contributed by atoms with Gasteiger partial charge in [-0.3, -0.25) is 0 Å². The van der Waals surface area contributed by atoms with Crippen molar-refractivity contribution in [1.29, 1.82) is 0 Å². The van der Waals surface area contributed by atoms with Crippen LogP contribution in [0.25, 0.3) is 10.8 Å². The molecule has 0 aromatic heterocycles. The molecule has 0 radical (unpaired) electrons. The number of carboxylic acids is 1. The third-order valence-electron chi connectivity index (χ3n) is 2.87. The first-order valence-corrected chi connectivity index (χ1v) is 6.40. The molecule has 2 rings (SSSR count). The minimum Gasteiger partial charge on any atom is -0.475 e. The Labute approximate surface area is 129 Å². The fourth-order valence-corrected chi connectivity index (χ4v) is 1.89. The van der Waals surface area contributed by atoms with Gasteiger partial charge in [-0.05, 0) is 23.3 Å². The number of alkyl halides is 3. The van der Waals surface area contributed by atoms with E-state index in [1.807, 2.05) is 49.4 Å². The van der Waals surface area contributed by atoms with E-state index >= 15 is 0 Å². The first-order valence-electron chi connectivity index (χ1n) is 6.40. The maximum atomic E-state index is 10.6. The van der Waals surface area contributed by atoms with Crippen LogP contribution in [0.1, 0.15) is 18.5 Å². The summed E-state index contributed by atoms with van der Waals surface area (Å²) in [6.45, 7) is 1.84. The number of carbonyl (C=O) groups is 2. The predicted molar refractivity (Wildman–Crippen MR) is 77.2 cm³/mol. The smallest absolute Gasteiger partial charge is 0.475 e. The van der Waals surface area contributed by atoms with E-state index in [2.05, 4.69) is 5.32 Å². The SMILES string of the molecule is C[C@@H](NC(=O)O)c1cccc2ccccc12.O=C(O)C(F)(F)F. The quantitative estimate of drug-likeness (QED) is 0.782. The lowest BCUT2D eigenvalue weighted by molar-refractivity contribution is -0.192. The Morgan fingerprint density at radius 3 is 2.09 bits per heavy atom. The Hall–Kier alpha value is -2.77. The topological polar surface area (TPSA) is 86.6 Å². The Bertz CT molecular complexity index is 695. The van der Waals surface area contributed by atoms with Gasteiger partial charge in [0.25, 0.3) is 0 Å². The number of nitrogens with one attached hydrogen (secondary N) is 1. The largest absolute Gasteiger partial charge is 0.490 e. The molecule has 2 aromatic rings. The van der Waals surface area contributed by atoms with E-state index in [1.54, 1.807) is 0 Å². The van der Waals surface area contributed by atoms with Gasteiger partial charge < -0.3 is 15.5 Å². The van der Waals surface area contributed by atoms with E-state index in [9.17, 15) is 18.0 Å². The molecule has 0 heterocycles. The Balaban J connectivity index is 0.000000322. The molecule has 2 aromatic carbocycles. The second-order valence-corrected chi connectivity index (χ2v) is 4.54. The number of halogens is 3. The van der Waals surface area contributed by atoms with Crippen molar-refractivity contribution in [1.82, 2.24) is 5.32 Å². The molecule has 3 N–H and O–H groups in total. The van der Waals surface area contributed by atoms with Crippen LogP contribution < -0.4 is 5.32 Å². The van der Waals surface area contributed by atoms with Crippen LogP contribution in [0.15, 0.2) is 42.5 Å². The molecule has 0 unspecified atom stereocenters. The number of hydrogen-bond donors (Lipinski definition) is 3. The summed E-state index contributed by atoms with van der Waals surface area (Å²) in [6, 6.07) is 13.7. The summed E-state index contributed by atoms with van der Waals surface area (Å²) in [4.78, 5) is 19.5. The molecular formula is C15H14F3NO4. The van der Waals surface area contributed by atoms with E-state index in [0.29, 0.717) is 0 Å². The molecule has 0 saturated heterocycles. The van der Waals surface area contributed by atoms with Gasteiger partial charge in [-0.1, -0.05) is 42.5 Å². The van der Waals surface area contributed by atoms with Gasteiger partial charge in [-0.15, -0.1) is 0 Å². The zero-order valence-electron chi connectivity index (χ0n) is 12.0. The first-order chi connectivity index (χ1) is 10.6. The number of benzene rings is 2. The Kier molecular flexibility index (Phi) is 5.94. The number of fused-ring (bicyclic) bond motifs is 1. The molecule has 0 aliphatic heterocycles. The fraction of sp³-hybridized carbons (Fsp3) is 0.200. The van der Waals surface area contributed by atoms with Gasteiger partial charge in [0.2, 0.25) is 0 Å². The van der Waals surface area contributed by atoms with Crippen molar-refractivity contribution in [3.05, 3.63) is 48.0 Å². The summed E-state index contributed by atoms with van der Waals surface area (Å²) in [5, 5.41) is 20.5. The number of hydrogen-bond acceptors (Lipinski definition) is 2. The van der Waals surface area contributed by atoms with Crippen molar-refractivity contribution in [2.24, 2.45) is 0 Å². The zero-order chi connectivity index (χ0) is 17.6. The van der Waals surface area contributed by atoms with Gasteiger partial charge in [0.15, 0.2) is 0 Å². The van der Waals surface area contributed by atoms with E-state index in [-0.39, 0.29) is 6.04 Å². The molecule has 23 heavy (non-hydrogen) atoms. The molecule has 0 saturated carbocycles. The van der Waals surface area contributed by atoms with E-state index in [4.69, 9.17) is 15.0 Å². The third-order valence-corrected chi connectivity index (χ3v) is 2.87. The van der Waals surface area contributed by atoms with Crippen LogP contribution in [0.2, 0.25) is 0 Å². The van der Waals surface area contributed by atoms with Gasteiger partial charge in [-0.25, -0.2) is 9.59 Å². The maximum absolute atomic E-state index is 10.6. The summed E-state index contributed by atoms with van der Waals surface area (Å²) in [6.07, 6.45) is -6.08. The highest BCUT2D eigenvalue weighted by atomic mass is 19.4. The van der Waals surface area contributed by atoms with E-state index < -0.39 is 18.2 Å². The molecule has 8 heteroatoms. The van der Waals surface area contributed by atoms with Crippen LogP contribution in [-0.2, 0) is 4.79 Å². The fourth-order valence-electron chi connectivity index (χ4n) is 1.89. The van der Waals surface area contributed by atoms with Crippen molar-refractivity contribution >= 4 is 22.8 Å². The van der Waals surface area contributed by atoms with Crippen LogP contribution in [0.4, 0.5) is 18.0 Å². The predicted octanol–water partition coefficient (Wildman–Crippen LogP) is 3.80. The van der Waals surface area contributed by atoms with Crippen LogP contribution in [0.3, 0.4) is 0 Å². The molecule has 124 valence electrons. The van der Waals surface area contributed by atoms with Crippen LogP contribution in [-0.4, -0.2) is 28.5 Å². The molecular weight excluding hydrogens is 315 g/mol. The van der Waals surface area contributed by atoms with Crippen molar-refractivity contribution in [2.75, 3.05) is 0 Å². The number of rotatable bonds is 2. The highest BCUT2D eigenvalue weighted by Gasteiger charge is 2.38. The molecule has 0 aliphatic rings. The summed E-state index contributed by atoms with van der Waals surface area (Å²) in [7, 11) is 0. The van der Waals surface area contributed by atoms with Gasteiger partial charge in [0.1, 0.15) is 0 Å². The number of carboxylic acid groups (broad SMARTS) is 2. The minimum atomic E-state index is -5.08. The first kappa shape index (κ1) is 18.3. The van der Waals surface area contributed by atoms with Gasteiger partial charge >= 0.3 is 18.2 Å². The standard InChI is InChI=1S/C13H13NO2.C2HF3O2/c1-9(14-13(15)16)11-8-4-6-10-5-2-3-7-12(10)11;3-2(4,5)1(6)7/h2-9,14H,1H3,(H,15,16);(H,6,7)/t9-;/m1./s1. The average Bonchev–Trinajstić information content (AvgIpc) is 2.45. The second kappa shape index (κ2) is 7.48. The highest BCUT2D eigenvalue weighted by Crippen LogP contribution is 2.23. The molecule has 0 aliphatic carbocycles. The molecule has 1 amide bonds. The number of amides is 1. The van der Waals surface area contributed by atoms with Crippen LogP contribution >= 0.6 is 0 Å². The Morgan fingerprint density at radius 1 is 1.04 bits per heavy atom. The van der Waals surface area contributed by atoms with Crippen molar-refractivity contribution in [3.8, 4) is 0 Å². The molecule has 0 spiro atoms. The molecule has 1 atom stereocenters. The minimum absolute atomic E-state index is 0.205. The lowest BCUT2D eigenvalue weighted by atomic mass is 10.00. The monoisotopic (exact) mass is 329 g/mol. The maximum Gasteiger partial charge on any atom is 0.490 e. The summed E-state index contributed by atoms with van der Waals surface area (Å²) >= 11 is 0. The van der Waals surface area contributed by atoms with Gasteiger partial charge in [0, 0.05) is 0 Å². The van der Waals surface area contributed by atoms with E-state index in [1.165, 1.54) is 0 Å². The summed E-state index contributed by atoms with van der Waals surface area (Å²) in [5.41, 5.74) is 1.00. The highest BCUT2D eigenvalue weighted by molar-refractivity contribution is 5.86. The zero-order valence-corrected chi connectivity index (χ0v) is 12.0.